The van der Waals surface area contributed by atoms with Crippen LogP contribution in [0.5, 0.6) is 0 Å². The zero-order chi connectivity index (χ0) is 68.9. The summed E-state index contributed by atoms with van der Waals surface area (Å²) in [7, 11) is -9.91. The van der Waals surface area contributed by atoms with Crippen LogP contribution < -0.4 is 0 Å². The van der Waals surface area contributed by atoms with Crippen molar-refractivity contribution < 1.29 is 80.2 Å². The van der Waals surface area contributed by atoms with E-state index < -0.39 is 97.5 Å². The maximum Gasteiger partial charge on any atom is 0.472 e. The third kappa shape index (κ3) is 68.4. The highest BCUT2D eigenvalue weighted by Crippen LogP contribution is 2.45. The Morgan fingerprint density at radius 1 is 0.269 bits per heavy atom. The zero-order valence-electron chi connectivity index (χ0n) is 60.9. The largest absolute Gasteiger partial charge is 0.472 e. The fourth-order valence-electron chi connectivity index (χ4n) is 11.2. The molecule has 17 nitrogen and oxygen atoms in total. The van der Waals surface area contributed by atoms with E-state index in [-0.39, 0.29) is 25.7 Å². The maximum atomic E-state index is 13.0. The van der Waals surface area contributed by atoms with Gasteiger partial charge in [-0.15, -0.1) is 0 Å². The molecule has 0 aromatic carbocycles. The number of phosphoric acid groups is 2. The normalized spacial score (nSPS) is 14.2. The Morgan fingerprint density at radius 2 is 0.452 bits per heavy atom. The molecule has 0 aliphatic carbocycles. The van der Waals surface area contributed by atoms with Crippen LogP contribution >= 0.6 is 15.6 Å². The average molecular weight is 1370 g/mol. The first-order valence-corrected chi connectivity index (χ1v) is 41.2. The molecule has 0 aromatic heterocycles. The van der Waals surface area contributed by atoms with Crippen LogP contribution in [0.25, 0.3) is 0 Å². The Hall–Kier alpha value is -1.94. The maximum absolute atomic E-state index is 13.0. The lowest BCUT2D eigenvalue weighted by molar-refractivity contribution is -0.161. The molecular weight excluding hydrogens is 1220 g/mol. The molecule has 552 valence electrons. The first-order chi connectivity index (χ1) is 44.6. The van der Waals surface area contributed by atoms with Gasteiger partial charge in [0.1, 0.15) is 19.3 Å². The number of phosphoric ester groups is 2. The Bertz CT molecular complexity index is 1830. The molecule has 3 N–H and O–H groups in total. The van der Waals surface area contributed by atoms with E-state index in [2.05, 4.69) is 55.4 Å². The second-order valence-corrected chi connectivity index (χ2v) is 31.5. The minimum atomic E-state index is -4.96. The number of rotatable bonds is 71. The number of carbonyl (C=O) groups is 4. The monoisotopic (exact) mass is 1370 g/mol. The van der Waals surface area contributed by atoms with Crippen molar-refractivity contribution in [1.82, 2.24) is 0 Å². The first-order valence-electron chi connectivity index (χ1n) is 38.2. The fourth-order valence-corrected chi connectivity index (χ4v) is 12.8. The summed E-state index contributed by atoms with van der Waals surface area (Å²) in [5.41, 5.74) is 0. The lowest BCUT2D eigenvalue weighted by Crippen LogP contribution is -2.30. The van der Waals surface area contributed by atoms with Crippen LogP contribution in [0.2, 0.25) is 0 Å². The molecule has 0 saturated heterocycles. The molecule has 0 fully saturated rings. The molecule has 0 amide bonds. The van der Waals surface area contributed by atoms with Crippen LogP contribution in [0.3, 0.4) is 0 Å². The van der Waals surface area contributed by atoms with E-state index in [4.69, 9.17) is 37.0 Å². The van der Waals surface area contributed by atoms with Crippen molar-refractivity contribution in [2.45, 2.75) is 388 Å². The van der Waals surface area contributed by atoms with Gasteiger partial charge < -0.3 is 33.8 Å². The number of hydrogen-bond donors (Lipinski definition) is 3. The van der Waals surface area contributed by atoms with Crippen LogP contribution in [0.15, 0.2) is 0 Å². The van der Waals surface area contributed by atoms with Crippen LogP contribution in [0, 0.1) is 23.7 Å². The second kappa shape index (κ2) is 63.5. The van der Waals surface area contributed by atoms with Gasteiger partial charge in [0.15, 0.2) is 12.2 Å². The van der Waals surface area contributed by atoms with Crippen molar-refractivity contribution in [2.75, 3.05) is 39.6 Å². The molecule has 0 radical (unpaired) electrons. The number of ether oxygens (including phenoxy) is 4. The van der Waals surface area contributed by atoms with Gasteiger partial charge in [-0.3, -0.25) is 37.3 Å². The smallest absolute Gasteiger partial charge is 0.462 e. The van der Waals surface area contributed by atoms with Gasteiger partial charge in [0.25, 0.3) is 0 Å². The SMILES string of the molecule is CC(C)CCCCCCCCCCCCCCCCC(=O)O[C@H](COC(=O)CCCCCCCCCCC(C)C)COP(=O)(O)OC[C@@H](O)COP(=O)(O)OC[C@@H](COC(=O)CCCCCCCCC(C)C)OC(=O)CCCCCCCCCCCCCCCC(C)C. The number of carbonyl (C=O) groups excluding carboxylic acids is 4. The molecule has 93 heavy (non-hydrogen) atoms. The summed E-state index contributed by atoms with van der Waals surface area (Å²) in [5.74, 6) is 0.862. The Labute approximate surface area is 568 Å². The van der Waals surface area contributed by atoms with E-state index in [9.17, 15) is 43.2 Å². The van der Waals surface area contributed by atoms with Crippen LogP contribution in [0.1, 0.15) is 370 Å². The van der Waals surface area contributed by atoms with Gasteiger partial charge in [-0.05, 0) is 49.4 Å². The van der Waals surface area contributed by atoms with E-state index in [0.717, 1.165) is 114 Å². The third-order valence-electron chi connectivity index (χ3n) is 17.1. The summed E-state index contributed by atoms with van der Waals surface area (Å²) in [6.07, 6.45) is 47.4. The summed E-state index contributed by atoms with van der Waals surface area (Å²) in [5, 5.41) is 10.6. The third-order valence-corrected chi connectivity index (χ3v) is 19.0. The van der Waals surface area contributed by atoms with Gasteiger partial charge in [-0.25, -0.2) is 9.13 Å². The van der Waals surface area contributed by atoms with Gasteiger partial charge in [0.2, 0.25) is 0 Å². The predicted molar refractivity (Wildman–Crippen MR) is 377 cm³/mol. The summed E-state index contributed by atoms with van der Waals surface area (Å²) < 4.78 is 68.4. The highest BCUT2D eigenvalue weighted by molar-refractivity contribution is 7.47. The number of hydrogen-bond acceptors (Lipinski definition) is 15. The highest BCUT2D eigenvalue weighted by Gasteiger charge is 2.30. The lowest BCUT2D eigenvalue weighted by atomic mass is 10.0. The molecular formula is C74H144O17P2. The second-order valence-electron chi connectivity index (χ2n) is 28.6. The minimum Gasteiger partial charge on any atom is -0.462 e. The summed E-state index contributed by atoms with van der Waals surface area (Å²) >= 11 is 0. The molecule has 0 aromatic rings. The fraction of sp³-hybridized carbons (Fsp3) is 0.946. The van der Waals surface area contributed by atoms with Crippen molar-refractivity contribution in [3.8, 4) is 0 Å². The summed E-state index contributed by atoms with van der Waals surface area (Å²) in [4.78, 5) is 72.7. The van der Waals surface area contributed by atoms with Gasteiger partial charge in [-0.2, -0.15) is 0 Å². The van der Waals surface area contributed by atoms with Crippen LogP contribution in [-0.4, -0.2) is 96.7 Å². The van der Waals surface area contributed by atoms with Crippen LogP contribution in [0.4, 0.5) is 0 Å². The Morgan fingerprint density at radius 3 is 0.667 bits per heavy atom. The van der Waals surface area contributed by atoms with Gasteiger partial charge in [0, 0.05) is 25.7 Å². The van der Waals surface area contributed by atoms with Gasteiger partial charge >= 0.3 is 39.5 Å². The standard InChI is InChI=1S/C74H144O17P2/c1-64(2)50-42-34-26-20-16-12-9-10-14-18-22-30-40-48-56-73(78)90-69(60-84-71(76)54-46-38-29-25-24-28-36-44-52-66(5)6)62-88-92(80,81)86-58-68(75)59-87-93(82,83)89-63-70(61-85-72(77)55-47-39-33-32-37-45-53-67(7)8)91-74(79)57-49-41-31-23-19-15-11-13-17-21-27-35-43-51-65(3)4/h64-70,75H,9-63H2,1-8H3,(H,80,81)(H,82,83)/t68-,69-,70-/m1/s1. The molecule has 0 aliphatic heterocycles. The van der Waals surface area contributed by atoms with E-state index in [1.807, 2.05) is 0 Å². The first kappa shape index (κ1) is 91.1. The van der Waals surface area contributed by atoms with Crippen molar-refractivity contribution in [1.29, 1.82) is 0 Å². The molecule has 2 unspecified atom stereocenters. The van der Waals surface area contributed by atoms with Crippen molar-refractivity contribution >= 4 is 39.5 Å². The summed E-state index contributed by atoms with van der Waals surface area (Å²) in [6.45, 7) is 14.1. The topological polar surface area (TPSA) is 237 Å². The number of aliphatic hydroxyl groups excluding tert-OH is 1. The zero-order valence-corrected chi connectivity index (χ0v) is 62.7. The number of aliphatic hydroxyl groups is 1. The molecule has 5 atom stereocenters. The van der Waals surface area contributed by atoms with Crippen LogP contribution in [-0.2, 0) is 65.4 Å². The lowest BCUT2D eigenvalue weighted by Gasteiger charge is -2.21. The van der Waals surface area contributed by atoms with E-state index >= 15 is 0 Å². The Balaban J connectivity index is 5.22. The van der Waals surface area contributed by atoms with Crippen molar-refractivity contribution in [2.24, 2.45) is 23.7 Å². The number of esters is 4. The molecule has 0 spiro atoms. The predicted octanol–water partition coefficient (Wildman–Crippen LogP) is 21.3. The summed E-state index contributed by atoms with van der Waals surface area (Å²) in [6, 6.07) is 0. The average Bonchev–Trinajstić information content (AvgIpc) is 2.06. The molecule has 0 aliphatic rings. The van der Waals surface area contributed by atoms with Crippen molar-refractivity contribution in [3.63, 3.8) is 0 Å². The molecule has 0 saturated carbocycles. The van der Waals surface area contributed by atoms with E-state index in [1.165, 1.54) is 167 Å². The Kier molecular flexibility index (Phi) is 62.2. The highest BCUT2D eigenvalue weighted by atomic mass is 31.2. The minimum absolute atomic E-state index is 0.106. The van der Waals surface area contributed by atoms with Crippen molar-refractivity contribution in [3.05, 3.63) is 0 Å². The van der Waals surface area contributed by atoms with Gasteiger partial charge in [-0.1, -0.05) is 319 Å². The molecule has 0 bridgehead atoms. The van der Waals surface area contributed by atoms with Gasteiger partial charge in [0.05, 0.1) is 26.4 Å². The number of unbranched alkanes of at least 4 members (excludes halogenated alkanes) is 37. The quantitative estimate of drug-likeness (QED) is 0.0222. The molecule has 0 heterocycles. The molecule has 0 rings (SSSR count). The van der Waals surface area contributed by atoms with E-state index in [1.54, 1.807) is 0 Å². The van der Waals surface area contributed by atoms with E-state index in [0.29, 0.717) is 31.6 Å². The molecule has 19 heteroatoms.